The smallest absolute Gasteiger partial charge is 0.227 e. The third-order valence-corrected chi connectivity index (χ3v) is 4.45. The zero-order valence-electron chi connectivity index (χ0n) is 15.2. The van der Waals surface area contributed by atoms with Crippen LogP contribution in [0.4, 0.5) is 5.69 Å². The van der Waals surface area contributed by atoms with Gasteiger partial charge in [-0.05, 0) is 41.2 Å². The zero-order valence-corrected chi connectivity index (χ0v) is 15.2. The summed E-state index contributed by atoms with van der Waals surface area (Å²) >= 11 is 0. The van der Waals surface area contributed by atoms with Crippen LogP contribution in [0.25, 0.3) is 0 Å². The van der Waals surface area contributed by atoms with Gasteiger partial charge in [0.1, 0.15) is 5.75 Å². The molecule has 0 radical (unpaired) electrons. The first-order valence-electron chi connectivity index (χ1n) is 8.43. The van der Waals surface area contributed by atoms with E-state index >= 15 is 0 Å². The molecule has 0 aromatic heterocycles. The van der Waals surface area contributed by atoms with Crippen molar-refractivity contribution in [3.8, 4) is 5.75 Å². The average molecular weight is 325 g/mol. The van der Waals surface area contributed by atoms with Gasteiger partial charge >= 0.3 is 0 Å². The second kappa shape index (κ2) is 8.00. The van der Waals surface area contributed by atoms with Crippen LogP contribution < -0.4 is 9.64 Å². The Morgan fingerprint density at radius 3 is 2.46 bits per heavy atom. The van der Waals surface area contributed by atoms with Gasteiger partial charge in [-0.2, -0.15) is 0 Å². The van der Waals surface area contributed by atoms with Crippen molar-refractivity contribution in [3.63, 3.8) is 0 Å². The van der Waals surface area contributed by atoms with E-state index in [2.05, 4.69) is 32.9 Å². The summed E-state index contributed by atoms with van der Waals surface area (Å²) in [5.41, 5.74) is 3.25. The largest absolute Gasteiger partial charge is 0.496 e. The van der Waals surface area contributed by atoms with Crippen molar-refractivity contribution in [2.24, 2.45) is 0 Å². The van der Waals surface area contributed by atoms with Crippen molar-refractivity contribution in [1.82, 2.24) is 0 Å². The van der Waals surface area contributed by atoms with Crippen LogP contribution in [0.5, 0.6) is 5.75 Å². The number of ether oxygens (including phenoxy) is 1. The molecule has 24 heavy (non-hydrogen) atoms. The lowest BCUT2D eigenvalue weighted by atomic mass is 9.96. The number of methoxy groups -OCH3 is 1. The fourth-order valence-corrected chi connectivity index (χ4v) is 2.82. The Bertz CT molecular complexity index is 694. The molecule has 1 atom stereocenters. The third kappa shape index (κ3) is 4.16. The molecule has 0 aliphatic heterocycles. The molecule has 128 valence electrons. The van der Waals surface area contributed by atoms with Gasteiger partial charge in [-0.15, -0.1) is 0 Å². The Balaban J connectivity index is 2.12. The predicted octanol–water partition coefficient (Wildman–Crippen LogP) is 4.98. The number of hydrogen-bond donors (Lipinski definition) is 0. The fraction of sp³-hybridized carbons (Fsp3) is 0.381. The summed E-state index contributed by atoms with van der Waals surface area (Å²) in [6.45, 7) is 6.38. The number of anilines is 1. The molecule has 0 bridgehead atoms. The molecule has 0 aliphatic carbocycles. The highest BCUT2D eigenvalue weighted by atomic mass is 16.5. The monoisotopic (exact) mass is 325 g/mol. The van der Waals surface area contributed by atoms with E-state index in [4.69, 9.17) is 4.74 Å². The van der Waals surface area contributed by atoms with Crippen LogP contribution in [0.15, 0.2) is 48.5 Å². The SMILES string of the molecule is COc1ccccc1C(C)CC(=O)N(C)c1cccc(C(C)C)c1. The van der Waals surface area contributed by atoms with Crippen LogP contribution in [0.2, 0.25) is 0 Å². The normalized spacial score (nSPS) is 12.1. The maximum absolute atomic E-state index is 12.7. The first kappa shape index (κ1) is 18.1. The number of rotatable bonds is 6. The van der Waals surface area contributed by atoms with E-state index in [1.807, 2.05) is 43.4 Å². The molecule has 3 nitrogen and oxygen atoms in total. The predicted molar refractivity (Wildman–Crippen MR) is 100.0 cm³/mol. The van der Waals surface area contributed by atoms with Gasteiger partial charge in [0, 0.05) is 19.2 Å². The van der Waals surface area contributed by atoms with E-state index in [1.165, 1.54) is 5.56 Å². The van der Waals surface area contributed by atoms with Crippen molar-refractivity contribution in [2.45, 2.75) is 39.0 Å². The quantitative estimate of drug-likeness (QED) is 0.750. The molecule has 0 aliphatic rings. The lowest BCUT2D eigenvalue weighted by Gasteiger charge is -2.22. The Kier molecular flexibility index (Phi) is 6.02. The molecule has 2 rings (SSSR count). The second-order valence-corrected chi connectivity index (χ2v) is 6.55. The number of amides is 1. The van der Waals surface area contributed by atoms with Crippen molar-refractivity contribution >= 4 is 11.6 Å². The van der Waals surface area contributed by atoms with Crippen molar-refractivity contribution in [1.29, 1.82) is 0 Å². The minimum absolute atomic E-state index is 0.101. The molecule has 0 saturated carbocycles. The molecule has 0 spiro atoms. The number of nitrogens with zero attached hydrogens (tertiary/aromatic N) is 1. The number of benzene rings is 2. The van der Waals surface area contributed by atoms with Crippen molar-refractivity contribution in [2.75, 3.05) is 19.1 Å². The van der Waals surface area contributed by atoms with E-state index in [1.54, 1.807) is 12.0 Å². The van der Waals surface area contributed by atoms with E-state index < -0.39 is 0 Å². The minimum atomic E-state index is 0.101. The van der Waals surface area contributed by atoms with Gasteiger partial charge < -0.3 is 9.64 Å². The Labute approximate surface area is 145 Å². The molecular formula is C21H27NO2. The lowest BCUT2D eigenvalue weighted by molar-refractivity contribution is -0.118. The average Bonchev–Trinajstić information content (AvgIpc) is 2.60. The van der Waals surface area contributed by atoms with Crippen LogP contribution in [0.1, 0.15) is 50.2 Å². The molecule has 1 unspecified atom stereocenters. The second-order valence-electron chi connectivity index (χ2n) is 6.55. The number of hydrogen-bond acceptors (Lipinski definition) is 2. The summed E-state index contributed by atoms with van der Waals surface area (Å²) in [4.78, 5) is 14.4. The van der Waals surface area contributed by atoms with Gasteiger partial charge in [-0.3, -0.25) is 4.79 Å². The first-order valence-corrected chi connectivity index (χ1v) is 8.43. The molecule has 1 amide bonds. The highest BCUT2D eigenvalue weighted by Gasteiger charge is 2.18. The summed E-state index contributed by atoms with van der Waals surface area (Å²) in [5.74, 6) is 1.49. The van der Waals surface area contributed by atoms with Gasteiger partial charge in [0.2, 0.25) is 5.91 Å². The van der Waals surface area contributed by atoms with E-state index in [0.29, 0.717) is 12.3 Å². The maximum Gasteiger partial charge on any atom is 0.227 e. The molecular weight excluding hydrogens is 298 g/mol. The van der Waals surface area contributed by atoms with E-state index in [-0.39, 0.29) is 11.8 Å². The first-order chi connectivity index (χ1) is 11.4. The molecule has 3 heteroatoms. The number of carbonyl (C=O) groups is 1. The van der Waals surface area contributed by atoms with Crippen molar-refractivity contribution in [3.05, 3.63) is 59.7 Å². The summed E-state index contributed by atoms with van der Waals surface area (Å²) in [6, 6.07) is 16.1. The Morgan fingerprint density at radius 1 is 1.08 bits per heavy atom. The minimum Gasteiger partial charge on any atom is -0.496 e. The highest BCUT2D eigenvalue weighted by molar-refractivity contribution is 5.93. The van der Waals surface area contributed by atoms with Crippen LogP contribution in [-0.2, 0) is 4.79 Å². The van der Waals surface area contributed by atoms with Gasteiger partial charge in [0.25, 0.3) is 0 Å². The summed E-state index contributed by atoms with van der Waals surface area (Å²) in [6.07, 6.45) is 0.447. The summed E-state index contributed by atoms with van der Waals surface area (Å²) in [5, 5.41) is 0. The topological polar surface area (TPSA) is 29.5 Å². The van der Waals surface area contributed by atoms with E-state index in [9.17, 15) is 4.79 Å². The molecule has 2 aromatic carbocycles. The third-order valence-electron chi connectivity index (χ3n) is 4.45. The number of para-hydroxylation sites is 1. The van der Waals surface area contributed by atoms with Gasteiger partial charge in [0.15, 0.2) is 0 Å². The molecule has 0 saturated heterocycles. The fourth-order valence-electron chi connectivity index (χ4n) is 2.82. The van der Waals surface area contributed by atoms with Crippen LogP contribution >= 0.6 is 0 Å². The summed E-state index contributed by atoms with van der Waals surface area (Å²) < 4.78 is 5.41. The van der Waals surface area contributed by atoms with Crippen LogP contribution in [0, 0.1) is 0 Å². The lowest BCUT2D eigenvalue weighted by Crippen LogP contribution is -2.27. The number of carbonyl (C=O) groups excluding carboxylic acids is 1. The maximum atomic E-state index is 12.7. The van der Waals surface area contributed by atoms with Crippen LogP contribution in [-0.4, -0.2) is 20.1 Å². The van der Waals surface area contributed by atoms with E-state index in [0.717, 1.165) is 17.0 Å². The highest BCUT2D eigenvalue weighted by Crippen LogP contribution is 2.29. The van der Waals surface area contributed by atoms with Gasteiger partial charge in [-0.25, -0.2) is 0 Å². The Morgan fingerprint density at radius 2 is 1.79 bits per heavy atom. The van der Waals surface area contributed by atoms with Gasteiger partial charge in [0.05, 0.1) is 7.11 Å². The van der Waals surface area contributed by atoms with Crippen molar-refractivity contribution < 1.29 is 9.53 Å². The Hall–Kier alpha value is -2.29. The van der Waals surface area contributed by atoms with Gasteiger partial charge in [-0.1, -0.05) is 51.1 Å². The molecule has 2 aromatic rings. The molecule has 0 heterocycles. The standard InChI is InChI=1S/C21H27NO2/c1-15(2)17-9-8-10-18(14-17)22(4)21(23)13-16(3)19-11-6-7-12-20(19)24-5/h6-12,14-16H,13H2,1-5H3. The summed E-state index contributed by atoms with van der Waals surface area (Å²) in [7, 11) is 3.51. The zero-order chi connectivity index (χ0) is 17.7. The molecule has 0 fully saturated rings. The molecule has 0 N–H and O–H groups in total. The van der Waals surface area contributed by atoms with Crippen LogP contribution in [0.3, 0.4) is 0 Å².